The molecule has 140 valence electrons. The molecule has 7 nitrogen and oxygen atoms in total. The summed E-state index contributed by atoms with van der Waals surface area (Å²) in [5.41, 5.74) is 8.02. The topological polar surface area (TPSA) is 87.5 Å². The molecule has 0 unspecified atom stereocenters. The molecule has 0 N–H and O–H groups in total. The molecule has 0 saturated heterocycles. The van der Waals surface area contributed by atoms with Gasteiger partial charge in [-0.25, -0.2) is 4.79 Å². The average molecular weight is 350 g/mol. The van der Waals surface area contributed by atoms with E-state index >= 15 is 0 Å². The highest BCUT2D eigenvalue weighted by atomic mass is 16.6. The van der Waals surface area contributed by atoms with Crippen molar-refractivity contribution >= 4 is 6.09 Å². The molecule has 1 fully saturated rings. The van der Waals surface area contributed by atoms with E-state index in [9.17, 15) is 4.79 Å². The van der Waals surface area contributed by atoms with Crippen molar-refractivity contribution < 1.29 is 14.3 Å². The lowest BCUT2D eigenvalue weighted by atomic mass is 9.91. The molecule has 0 spiro atoms. The second kappa shape index (κ2) is 10.9. The number of ether oxygens (including phenoxy) is 2. The van der Waals surface area contributed by atoms with Crippen LogP contribution in [0.3, 0.4) is 0 Å². The molecule has 1 saturated carbocycles. The third kappa shape index (κ3) is 8.67. The molecule has 0 aliphatic heterocycles. The van der Waals surface area contributed by atoms with Crippen LogP contribution in [0.5, 0.6) is 0 Å². The number of hydrogen-bond donors (Lipinski definition) is 0. The molecule has 0 aromatic rings. The normalized spacial score (nSPS) is 20.2. The zero-order valence-electron chi connectivity index (χ0n) is 15.6. The summed E-state index contributed by atoms with van der Waals surface area (Å²) < 4.78 is 11.1. The highest BCUT2D eigenvalue weighted by Crippen LogP contribution is 2.26. The Morgan fingerprint density at radius 3 is 2.56 bits per heavy atom. The molecule has 1 aliphatic rings. The van der Waals surface area contributed by atoms with E-state index in [4.69, 9.17) is 21.4 Å². The zero-order valence-corrected chi connectivity index (χ0v) is 15.6. The zero-order chi connectivity index (χ0) is 18.7. The van der Waals surface area contributed by atoms with Crippen LogP contribution in [0.2, 0.25) is 0 Å². The lowest BCUT2D eigenvalue weighted by Crippen LogP contribution is -2.46. The number of nitrogens with zero attached hydrogens (tertiary/aromatic N) is 4. The lowest BCUT2D eigenvalue weighted by molar-refractivity contribution is 0.00268. The first-order valence-corrected chi connectivity index (χ1v) is 8.92. The average Bonchev–Trinajstić information content (AvgIpc) is 2.54. The Balaban J connectivity index is 2.57. The van der Waals surface area contributed by atoms with E-state index in [-0.39, 0.29) is 18.2 Å². The molecule has 1 rings (SSSR count). The summed E-state index contributed by atoms with van der Waals surface area (Å²) in [4.78, 5) is 17.2. The molecule has 0 radical (unpaired) electrons. The number of amides is 1. The summed E-state index contributed by atoms with van der Waals surface area (Å²) >= 11 is 0. The number of azide groups is 1. The Morgan fingerprint density at radius 1 is 1.32 bits per heavy atom. The van der Waals surface area contributed by atoms with Gasteiger partial charge in [-0.1, -0.05) is 5.11 Å². The van der Waals surface area contributed by atoms with Crippen LogP contribution in [-0.4, -0.2) is 48.4 Å². The van der Waals surface area contributed by atoms with Gasteiger partial charge >= 0.3 is 6.09 Å². The summed E-state index contributed by atoms with van der Waals surface area (Å²) in [7, 11) is 0. The molecule has 25 heavy (non-hydrogen) atoms. The molecule has 0 bridgehead atoms. The minimum atomic E-state index is -0.536. The minimum absolute atomic E-state index is 0.0294. The number of carbonyl (C=O) groups is 1. The molecule has 0 heterocycles. The maximum Gasteiger partial charge on any atom is 0.410 e. The van der Waals surface area contributed by atoms with Gasteiger partial charge in [0.15, 0.2) is 0 Å². The second-order valence-corrected chi connectivity index (χ2v) is 7.26. The predicted octanol–water partition coefficient (Wildman–Crippen LogP) is 4.28. The van der Waals surface area contributed by atoms with Gasteiger partial charge in [-0.15, -0.1) is 12.3 Å². The van der Waals surface area contributed by atoms with Gasteiger partial charge in [0.05, 0.1) is 6.61 Å². The first-order valence-electron chi connectivity index (χ1n) is 8.92. The van der Waals surface area contributed by atoms with Crippen LogP contribution in [0.4, 0.5) is 4.79 Å². The van der Waals surface area contributed by atoms with Crippen LogP contribution in [0.1, 0.15) is 59.3 Å². The summed E-state index contributed by atoms with van der Waals surface area (Å²) in [6.07, 6.45) is 9.60. The number of rotatable bonds is 8. The van der Waals surface area contributed by atoms with Crippen molar-refractivity contribution in [3.8, 4) is 12.3 Å². The number of terminal acetylenes is 1. The summed E-state index contributed by atoms with van der Waals surface area (Å²) in [6, 6.07) is 0.121. The van der Waals surface area contributed by atoms with Gasteiger partial charge in [0.2, 0.25) is 0 Å². The largest absolute Gasteiger partial charge is 0.444 e. The smallest absolute Gasteiger partial charge is 0.410 e. The van der Waals surface area contributed by atoms with Crippen LogP contribution in [0.15, 0.2) is 5.11 Å². The van der Waals surface area contributed by atoms with Crippen molar-refractivity contribution in [2.75, 3.05) is 19.8 Å². The van der Waals surface area contributed by atoms with Crippen molar-refractivity contribution in [1.29, 1.82) is 0 Å². The van der Waals surface area contributed by atoms with Crippen LogP contribution in [0, 0.1) is 12.3 Å². The lowest BCUT2D eigenvalue weighted by Gasteiger charge is -2.36. The summed E-state index contributed by atoms with van der Waals surface area (Å²) in [5.74, 6) is 2.58. The molecule has 1 aliphatic carbocycles. The fourth-order valence-corrected chi connectivity index (χ4v) is 2.84. The van der Waals surface area contributed by atoms with Crippen molar-refractivity contribution in [2.45, 2.75) is 77.0 Å². The predicted molar refractivity (Wildman–Crippen MR) is 97.0 cm³/mol. The van der Waals surface area contributed by atoms with E-state index in [0.29, 0.717) is 26.2 Å². The minimum Gasteiger partial charge on any atom is -0.444 e. The van der Waals surface area contributed by atoms with Crippen molar-refractivity contribution in [2.24, 2.45) is 5.11 Å². The molecule has 7 heteroatoms. The van der Waals surface area contributed by atoms with Gasteiger partial charge in [-0.05, 0) is 58.4 Å². The van der Waals surface area contributed by atoms with Crippen LogP contribution in [0.25, 0.3) is 10.4 Å². The van der Waals surface area contributed by atoms with E-state index in [1.165, 1.54) is 0 Å². The third-order valence-corrected chi connectivity index (χ3v) is 4.04. The Labute approximate surface area is 150 Å². The van der Waals surface area contributed by atoms with Gasteiger partial charge in [-0.2, -0.15) is 0 Å². The van der Waals surface area contributed by atoms with Crippen molar-refractivity contribution in [3.05, 3.63) is 10.4 Å². The Morgan fingerprint density at radius 2 is 2.00 bits per heavy atom. The maximum absolute atomic E-state index is 12.6. The highest BCUT2D eigenvalue weighted by Gasteiger charge is 2.31. The van der Waals surface area contributed by atoms with E-state index in [1.807, 2.05) is 20.8 Å². The van der Waals surface area contributed by atoms with E-state index in [2.05, 4.69) is 15.9 Å². The highest BCUT2D eigenvalue weighted by molar-refractivity contribution is 5.68. The van der Waals surface area contributed by atoms with Gasteiger partial charge < -0.3 is 14.4 Å². The SMILES string of the molecule is C#CCCCOCCN(C(=O)OC(C)(C)C)C1CCC(N=[N+]=[N-])CC1. The first-order chi connectivity index (χ1) is 11.9. The Hall–Kier alpha value is -1.90. The van der Waals surface area contributed by atoms with Gasteiger partial charge in [0.1, 0.15) is 5.60 Å². The van der Waals surface area contributed by atoms with Crippen molar-refractivity contribution in [3.63, 3.8) is 0 Å². The van der Waals surface area contributed by atoms with Gasteiger partial charge in [-0.3, -0.25) is 0 Å². The van der Waals surface area contributed by atoms with E-state index in [0.717, 1.165) is 32.1 Å². The number of carbonyl (C=O) groups excluding carboxylic acids is 1. The second-order valence-electron chi connectivity index (χ2n) is 7.26. The van der Waals surface area contributed by atoms with Crippen molar-refractivity contribution in [1.82, 2.24) is 4.90 Å². The fourth-order valence-electron chi connectivity index (χ4n) is 2.84. The van der Waals surface area contributed by atoms with Crippen LogP contribution < -0.4 is 0 Å². The first kappa shape index (κ1) is 21.1. The quantitative estimate of drug-likeness (QED) is 0.215. The summed E-state index contributed by atoms with van der Waals surface area (Å²) in [6.45, 7) is 7.12. The maximum atomic E-state index is 12.6. The Bertz CT molecular complexity index is 495. The standard InChI is InChI=1S/C18H30N4O3/c1-5-6-7-13-24-14-12-22(17(23)25-18(2,3)4)16-10-8-15(9-11-16)20-21-19/h1,15-16H,6-14H2,2-4H3. The third-order valence-electron chi connectivity index (χ3n) is 4.04. The fraction of sp³-hybridized carbons (Fsp3) is 0.833. The number of unbranched alkanes of at least 4 members (excludes halogenated alkanes) is 1. The van der Waals surface area contributed by atoms with Crippen LogP contribution >= 0.6 is 0 Å². The molecule has 0 atom stereocenters. The van der Waals surface area contributed by atoms with E-state index in [1.54, 1.807) is 4.90 Å². The monoisotopic (exact) mass is 350 g/mol. The molecule has 0 aromatic heterocycles. The summed E-state index contributed by atoms with van der Waals surface area (Å²) in [5, 5.41) is 3.79. The van der Waals surface area contributed by atoms with Gasteiger partial charge in [0, 0.05) is 36.6 Å². The molecule has 1 amide bonds. The van der Waals surface area contributed by atoms with E-state index < -0.39 is 5.60 Å². The van der Waals surface area contributed by atoms with Gasteiger partial charge in [0.25, 0.3) is 0 Å². The Kier molecular flexibility index (Phi) is 9.18. The van der Waals surface area contributed by atoms with Crippen LogP contribution in [-0.2, 0) is 9.47 Å². The molecular formula is C18H30N4O3. The molecule has 0 aromatic carbocycles. The molecular weight excluding hydrogens is 320 g/mol. The number of hydrogen-bond acceptors (Lipinski definition) is 4.